The molecule has 1 aromatic rings. The topological polar surface area (TPSA) is 50.4 Å². The van der Waals surface area contributed by atoms with Crippen LogP contribution in [0.5, 0.6) is 0 Å². The van der Waals surface area contributed by atoms with Crippen molar-refractivity contribution in [3.05, 3.63) is 35.9 Å². The van der Waals surface area contributed by atoms with Crippen LogP contribution >= 0.6 is 12.4 Å². The second-order valence-electron chi connectivity index (χ2n) is 5.81. The van der Waals surface area contributed by atoms with Gasteiger partial charge >= 0.3 is 0 Å². The summed E-state index contributed by atoms with van der Waals surface area (Å²) in [4.78, 5) is 12.3. The van der Waals surface area contributed by atoms with Crippen molar-refractivity contribution in [1.29, 1.82) is 0 Å². The summed E-state index contributed by atoms with van der Waals surface area (Å²) in [5, 5.41) is 6.41. The molecule has 116 valence electrons. The molecule has 2 saturated heterocycles. The van der Waals surface area contributed by atoms with Crippen molar-refractivity contribution in [1.82, 2.24) is 10.6 Å². The highest BCUT2D eigenvalue weighted by molar-refractivity contribution is 5.85. The van der Waals surface area contributed by atoms with Crippen LogP contribution in [0.4, 0.5) is 0 Å². The fourth-order valence-corrected chi connectivity index (χ4v) is 2.90. The lowest BCUT2D eigenvalue weighted by Crippen LogP contribution is -2.51. The standard InChI is InChI=1S/C16H22N2O2.ClH/c1-11(13-9-17-10-13)16(19)18-14-7-8-20-15(14)12-5-3-2-4-6-12;/h2-6,11,13-15,17H,7-10H2,1H3,(H,18,19);1H. The van der Waals surface area contributed by atoms with E-state index < -0.39 is 0 Å². The first-order valence-electron chi connectivity index (χ1n) is 7.43. The van der Waals surface area contributed by atoms with Crippen molar-refractivity contribution in [2.75, 3.05) is 19.7 Å². The molecule has 0 aliphatic carbocycles. The Morgan fingerprint density at radius 1 is 1.33 bits per heavy atom. The van der Waals surface area contributed by atoms with Gasteiger partial charge in [-0.05, 0) is 31.0 Å². The van der Waals surface area contributed by atoms with Crippen LogP contribution < -0.4 is 10.6 Å². The quantitative estimate of drug-likeness (QED) is 0.893. The van der Waals surface area contributed by atoms with E-state index in [1.54, 1.807) is 0 Å². The van der Waals surface area contributed by atoms with E-state index in [0.29, 0.717) is 12.5 Å². The molecule has 0 radical (unpaired) electrons. The zero-order chi connectivity index (χ0) is 13.9. The third-order valence-corrected chi connectivity index (χ3v) is 4.48. The Balaban J connectivity index is 0.00000161. The average molecular weight is 311 g/mol. The molecule has 21 heavy (non-hydrogen) atoms. The maximum atomic E-state index is 12.3. The van der Waals surface area contributed by atoms with Crippen molar-refractivity contribution >= 4 is 18.3 Å². The highest BCUT2D eigenvalue weighted by atomic mass is 35.5. The van der Waals surface area contributed by atoms with Crippen LogP contribution in [0.15, 0.2) is 30.3 Å². The Kier molecular flexibility index (Phi) is 5.62. The zero-order valence-electron chi connectivity index (χ0n) is 12.2. The molecule has 5 heteroatoms. The van der Waals surface area contributed by atoms with Crippen LogP contribution in [0.2, 0.25) is 0 Å². The normalized spacial score (nSPS) is 26.5. The summed E-state index contributed by atoms with van der Waals surface area (Å²) in [6.07, 6.45) is 0.882. The molecule has 0 aromatic heterocycles. The molecule has 1 aromatic carbocycles. The second-order valence-corrected chi connectivity index (χ2v) is 5.81. The van der Waals surface area contributed by atoms with E-state index in [4.69, 9.17) is 4.74 Å². The number of carbonyl (C=O) groups is 1. The van der Waals surface area contributed by atoms with E-state index in [2.05, 4.69) is 22.8 Å². The minimum absolute atomic E-state index is 0. The largest absolute Gasteiger partial charge is 0.371 e. The third kappa shape index (κ3) is 3.57. The van der Waals surface area contributed by atoms with Crippen LogP contribution in [0.1, 0.15) is 25.0 Å². The maximum absolute atomic E-state index is 12.3. The first-order chi connectivity index (χ1) is 9.75. The first-order valence-corrected chi connectivity index (χ1v) is 7.43. The molecule has 1 amide bonds. The lowest BCUT2D eigenvalue weighted by atomic mass is 9.88. The Morgan fingerprint density at radius 3 is 2.67 bits per heavy atom. The molecule has 0 spiro atoms. The molecule has 3 atom stereocenters. The predicted molar refractivity (Wildman–Crippen MR) is 84.5 cm³/mol. The van der Waals surface area contributed by atoms with Crippen LogP contribution in [0.25, 0.3) is 0 Å². The number of rotatable bonds is 4. The Morgan fingerprint density at radius 2 is 2.05 bits per heavy atom. The van der Waals surface area contributed by atoms with Crippen LogP contribution in [0.3, 0.4) is 0 Å². The van der Waals surface area contributed by atoms with E-state index in [0.717, 1.165) is 25.1 Å². The van der Waals surface area contributed by atoms with Crippen molar-refractivity contribution in [2.24, 2.45) is 11.8 Å². The van der Waals surface area contributed by atoms with E-state index in [1.807, 2.05) is 25.1 Å². The molecule has 0 saturated carbocycles. The van der Waals surface area contributed by atoms with E-state index >= 15 is 0 Å². The summed E-state index contributed by atoms with van der Waals surface area (Å²) < 4.78 is 5.81. The summed E-state index contributed by atoms with van der Waals surface area (Å²) in [7, 11) is 0. The fourth-order valence-electron chi connectivity index (χ4n) is 2.90. The lowest BCUT2D eigenvalue weighted by molar-refractivity contribution is -0.127. The summed E-state index contributed by atoms with van der Waals surface area (Å²) in [5.74, 6) is 0.716. The van der Waals surface area contributed by atoms with E-state index in [1.165, 1.54) is 0 Å². The molecule has 3 rings (SSSR count). The SMILES string of the molecule is CC(C(=O)NC1CCOC1c1ccccc1)C1CNC1.Cl. The Bertz CT molecular complexity index is 465. The molecule has 2 heterocycles. The van der Waals surface area contributed by atoms with Gasteiger partial charge in [0.05, 0.1) is 6.04 Å². The highest BCUT2D eigenvalue weighted by Crippen LogP contribution is 2.29. The molecule has 2 N–H and O–H groups in total. The molecule has 4 nitrogen and oxygen atoms in total. The Hall–Kier alpha value is -1.10. The number of benzene rings is 1. The zero-order valence-corrected chi connectivity index (χ0v) is 13.1. The van der Waals surface area contributed by atoms with Gasteiger partial charge in [-0.3, -0.25) is 4.79 Å². The van der Waals surface area contributed by atoms with Crippen LogP contribution in [-0.2, 0) is 9.53 Å². The summed E-state index contributed by atoms with van der Waals surface area (Å²) in [6.45, 7) is 4.65. The molecular weight excluding hydrogens is 288 g/mol. The van der Waals surface area contributed by atoms with Crippen LogP contribution in [0, 0.1) is 11.8 Å². The molecule has 3 unspecified atom stereocenters. The maximum Gasteiger partial charge on any atom is 0.223 e. The van der Waals surface area contributed by atoms with Crippen molar-refractivity contribution in [3.8, 4) is 0 Å². The average Bonchev–Trinajstić information content (AvgIpc) is 2.85. The van der Waals surface area contributed by atoms with Gasteiger partial charge in [-0.1, -0.05) is 37.3 Å². The lowest BCUT2D eigenvalue weighted by Gasteiger charge is -2.32. The van der Waals surface area contributed by atoms with Gasteiger partial charge in [0.1, 0.15) is 6.10 Å². The van der Waals surface area contributed by atoms with Gasteiger partial charge in [-0.2, -0.15) is 0 Å². The summed E-state index contributed by atoms with van der Waals surface area (Å²) in [5.41, 5.74) is 1.15. The van der Waals surface area contributed by atoms with Gasteiger partial charge in [0.2, 0.25) is 5.91 Å². The van der Waals surface area contributed by atoms with E-state index in [9.17, 15) is 4.79 Å². The van der Waals surface area contributed by atoms with Gasteiger partial charge < -0.3 is 15.4 Å². The minimum Gasteiger partial charge on any atom is -0.371 e. The number of nitrogens with one attached hydrogen (secondary N) is 2. The van der Waals surface area contributed by atoms with Crippen molar-refractivity contribution < 1.29 is 9.53 Å². The molecule has 2 aliphatic heterocycles. The highest BCUT2D eigenvalue weighted by Gasteiger charge is 2.34. The fraction of sp³-hybridized carbons (Fsp3) is 0.562. The van der Waals surface area contributed by atoms with Crippen molar-refractivity contribution in [2.45, 2.75) is 25.5 Å². The minimum atomic E-state index is -0.00753. The number of halogens is 1. The number of hydrogen-bond donors (Lipinski definition) is 2. The van der Waals surface area contributed by atoms with Crippen LogP contribution in [-0.4, -0.2) is 31.6 Å². The van der Waals surface area contributed by atoms with Gasteiger partial charge in [0.15, 0.2) is 0 Å². The van der Waals surface area contributed by atoms with Gasteiger partial charge in [0, 0.05) is 12.5 Å². The van der Waals surface area contributed by atoms with E-state index in [-0.39, 0.29) is 36.4 Å². The summed E-state index contributed by atoms with van der Waals surface area (Å²) >= 11 is 0. The van der Waals surface area contributed by atoms with Gasteiger partial charge in [0.25, 0.3) is 0 Å². The molecule has 2 aliphatic rings. The summed E-state index contributed by atoms with van der Waals surface area (Å²) in [6, 6.07) is 10.2. The Labute approximate surface area is 132 Å². The smallest absolute Gasteiger partial charge is 0.223 e. The van der Waals surface area contributed by atoms with Crippen molar-refractivity contribution in [3.63, 3.8) is 0 Å². The third-order valence-electron chi connectivity index (χ3n) is 4.48. The molecular formula is C16H23ClN2O2. The number of hydrogen-bond acceptors (Lipinski definition) is 3. The molecule has 0 bridgehead atoms. The monoisotopic (exact) mass is 310 g/mol. The number of ether oxygens (including phenoxy) is 1. The molecule has 2 fully saturated rings. The number of carbonyl (C=O) groups excluding carboxylic acids is 1. The number of amides is 1. The van der Waals surface area contributed by atoms with Gasteiger partial charge in [-0.15, -0.1) is 12.4 Å². The van der Waals surface area contributed by atoms with Gasteiger partial charge in [-0.25, -0.2) is 0 Å². The second kappa shape index (κ2) is 7.25. The predicted octanol–water partition coefficient (Wildman–Crippen LogP) is 1.91. The first kappa shape index (κ1) is 16.3.